The smallest absolute Gasteiger partial charge is 0.321 e. The number of nitrogens with one attached hydrogen (secondary N) is 2. The van der Waals surface area contributed by atoms with Crippen LogP contribution in [0.25, 0.3) is 0 Å². The Hall–Kier alpha value is -3.15. The molecular weight excluding hydrogens is 414 g/mol. The molecule has 1 heterocycles. The van der Waals surface area contributed by atoms with Crippen LogP contribution in [-0.4, -0.2) is 37.2 Å². The molecule has 2 aromatic rings. The Morgan fingerprint density at radius 1 is 1.03 bits per heavy atom. The number of urea groups is 1. The molecule has 0 aliphatic carbocycles. The third-order valence-electron chi connectivity index (χ3n) is 6.01. The number of carbonyl (C=O) groups excluding carboxylic acids is 3. The minimum atomic E-state index is -0.675. The van der Waals surface area contributed by atoms with Crippen LogP contribution >= 0.6 is 0 Å². The van der Waals surface area contributed by atoms with E-state index in [4.69, 9.17) is 0 Å². The van der Waals surface area contributed by atoms with Crippen molar-refractivity contribution in [3.05, 3.63) is 59.2 Å². The summed E-state index contributed by atoms with van der Waals surface area (Å²) in [5.74, 6) is -0.489. The number of anilines is 2. The van der Waals surface area contributed by atoms with Crippen molar-refractivity contribution >= 4 is 29.5 Å². The number of carbonyl (C=O) groups is 3. The van der Waals surface area contributed by atoms with Crippen molar-refractivity contribution in [3.8, 4) is 0 Å². The van der Waals surface area contributed by atoms with Crippen molar-refractivity contribution in [1.82, 2.24) is 5.32 Å². The molecule has 1 atom stereocenters. The number of ketones is 1. The lowest BCUT2D eigenvalue weighted by atomic mass is 9.80. The van der Waals surface area contributed by atoms with E-state index < -0.39 is 11.8 Å². The Labute approximate surface area is 196 Å². The number of rotatable bonds is 7. The number of hydrogen-bond acceptors (Lipinski definition) is 4. The molecule has 2 amide bonds. The van der Waals surface area contributed by atoms with Crippen molar-refractivity contribution < 1.29 is 14.4 Å². The number of hydrogen-bond donors (Lipinski definition) is 2. The topological polar surface area (TPSA) is 78.5 Å². The second-order valence-corrected chi connectivity index (χ2v) is 10.8. The molecule has 1 saturated heterocycles. The average molecular weight is 450 g/mol. The molecule has 0 spiro atoms. The van der Waals surface area contributed by atoms with E-state index in [1.165, 1.54) is 11.1 Å². The summed E-state index contributed by atoms with van der Waals surface area (Å²) in [5, 5.41) is 6.11. The van der Waals surface area contributed by atoms with Crippen LogP contribution in [0.3, 0.4) is 0 Å². The highest BCUT2D eigenvalue weighted by Crippen LogP contribution is 2.32. The first kappa shape index (κ1) is 24.5. The van der Waals surface area contributed by atoms with Gasteiger partial charge in [0.15, 0.2) is 6.29 Å². The van der Waals surface area contributed by atoms with E-state index in [0.717, 1.165) is 16.9 Å². The van der Waals surface area contributed by atoms with Gasteiger partial charge in [0.25, 0.3) is 0 Å². The zero-order valence-corrected chi connectivity index (χ0v) is 20.5. The van der Waals surface area contributed by atoms with Gasteiger partial charge in [0.05, 0.1) is 6.04 Å². The largest absolute Gasteiger partial charge is 0.375 e. The van der Waals surface area contributed by atoms with Gasteiger partial charge in [-0.15, -0.1) is 0 Å². The molecule has 2 N–H and O–H groups in total. The van der Waals surface area contributed by atoms with E-state index in [9.17, 15) is 14.4 Å². The monoisotopic (exact) mass is 449 g/mol. The van der Waals surface area contributed by atoms with E-state index in [1.807, 2.05) is 24.3 Å². The SMILES string of the molecule is CC(C)(C)c1cc(NC(Cc2ccc(N3CCNC3=O)cc2)C(=O)C=O)cc(C(C)(C)C)c1. The Balaban J connectivity index is 1.86. The molecule has 0 aromatic heterocycles. The van der Waals surface area contributed by atoms with Crippen molar-refractivity contribution in [2.75, 3.05) is 23.3 Å². The number of benzene rings is 2. The Morgan fingerprint density at radius 3 is 2.06 bits per heavy atom. The second kappa shape index (κ2) is 9.38. The van der Waals surface area contributed by atoms with Crippen molar-refractivity contribution in [2.24, 2.45) is 0 Å². The van der Waals surface area contributed by atoms with E-state index in [0.29, 0.717) is 25.8 Å². The molecule has 2 aromatic carbocycles. The molecule has 0 bridgehead atoms. The molecule has 1 aliphatic heterocycles. The van der Waals surface area contributed by atoms with Crippen molar-refractivity contribution in [1.29, 1.82) is 0 Å². The maximum absolute atomic E-state index is 12.5. The van der Waals surface area contributed by atoms with Gasteiger partial charge in [-0.05, 0) is 51.8 Å². The predicted molar refractivity (Wildman–Crippen MR) is 133 cm³/mol. The molecule has 33 heavy (non-hydrogen) atoms. The van der Waals surface area contributed by atoms with Gasteiger partial charge in [0.2, 0.25) is 5.78 Å². The summed E-state index contributed by atoms with van der Waals surface area (Å²) in [6.07, 6.45) is 0.757. The third kappa shape index (κ3) is 6.01. The number of Topliss-reactive ketones (excluding diaryl/α,β-unsaturated/α-hetero) is 1. The molecule has 3 rings (SSSR count). The van der Waals surface area contributed by atoms with Gasteiger partial charge in [0.1, 0.15) is 0 Å². The Bertz CT molecular complexity index is 998. The van der Waals surface area contributed by atoms with Gasteiger partial charge in [-0.2, -0.15) is 0 Å². The molecule has 176 valence electrons. The first-order valence-electron chi connectivity index (χ1n) is 11.4. The molecular formula is C27H35N3O3. The van der Waals surface area contributed by atoms with Crippen LogP contribution in [0.15, 0.2) is 42.5 Å². The molecule has 0 radical (unpaired) electrons. The van der Waals surface area contributed by atoms with Gasteiger partial charge in [-0.1, -0.05) is 59.7 Å². The minimum absolute atomic E-state index is 0.0560. The van der Waals surface area contributed by atoms with Gasteiger partial charge >= 0.3 is 6.03 Å². The fourth-order valence-corrected chi connectivity index (χ4v) is 3.85. The zero-order valence-electron chi connectivity index (χ0n) is 20.5. The Morgan fingerprint density at radius 2 is 1.61 bits per heavy atom. The van der Waals surface area contributed by atoms with Crippen LogP contribution in [0.1, 0.15) is 58.2 Å². The summed E-state index contributed by atoms with van der Waals surface area (Å²) in [6.45, 7) is 14.2. The highest BCUT2D eigenvalue weighted by molar-refractivity contribution is 6.28. The lowest BCUT2D eigenvalue weighted by molar-refractivity contribution is -0.130. The summed E-state index contributed by atoms with van der Waals surface area (Å²) in [6, 6.07) is 13.1. The quantitative estimate of drug-likeness (QED) is 0.478. The van der Waals surface area contributed by atoms with Crippen LogP contribution in [0.2, 0.25) is 0 Å². The maximum atomic E-state index is 12.5. The van der Waals surface area contributed by atoms with E-state index in [-0.39, 0.29) is 16.9 Å². The molecule has 6 heteroatoms. The number of amides is 2. The van der Waals surface area contributed by atoms with E-state index in [1.54, 1.807) is 4.90 Å². The predicted octanol–water partition coefficient (Wildman–Crippen LogP) is 4.60. The fourth-order valence-electron chi connectivity index (χ4n) is 3.85. The molecule has 1 unspecified atom stereocenters. The molecule has 6 nitrogen and oxygen atoms in total. The Kier molecular flexibility index (Phi) is 6.96. The second-order valence-electron chi connectivity index (χ2n) is 10.8. The lowest BCUT2D eigenvalue weighted by Gasteiger charge is -2.27. The molecule has 1 fully saturated rings. The third-order valence-corrected chi connectivity index (χ3v) is 6.01. The van der Waals surface area contributed by atoms with E-state index >= 15 is 0 Å². The fraction of sp³-hybridized carbons (Fsp3) is 0.444. The number of nitrogens with zero attached hydrogens (tertiary/aromatic N) is 1. The van der Waals surface area contributed by atoms with Gasteiger partial charge in [0, 0.05) is 30.9 Å². The first-order chi connectivity index (χ1) is 15.4. The lowest BCUT2D eigenvalue weighted by Crippen LogP contribution is -2.33. The van der Waals surface area contributed by atoms with Gasteiger partial charge < -0.3 is 10.6 Å². The highest BCUT2D eigenvalue weighted by atomic mass is 16.2. The minimum Gasteiger partial charge on any atom is -0.375 e. The van der Waals surface area contributed by atoms with Gasteiger partial charge in [-0.25, -0.2) is 4.79 Å². The summed E-state index contributed by atoms with van der Waals surface area (Å²) in [4.78, 5) is 37.5. The average Bonchev–Trinajstić information content (AvgIpc) is 3.17. The van der Waals surface area contributed by atoms with Crippen LogP contribution in [-0.2, 0) is 26.8 Å². The van der Waals surface area contributed by atoms with Gasteiger partial charge in [-0.3, -0.25) is 14.5 Å². The number of aldehydes is 1. The van der Waals surface area contributed by atoms with Crippen LogP contribution in [0, 0.1) is 0 Å². The van der Waals surface area contributed by atoms with Crippen LogP contribution in [0.5, 0.6) is 0 Å². The van der Waals surface area contributed by atoms with Crippen molar-refractivity contribution in [2.45, 2.75) is 64.8 Å². The van der Waals surface area contributed by atoms with Crippen LogP contribution in [0.4, 0.5) is 16.2 Å². The summed E-state index contributed by atoms with van der Waals surface area (Å²) in [7, 11) is 0. The summed E-state index contributed by atoms with van der Waals surface area (Å²) < 4.78 is 0. The standard InChI is InChI=1S/C27H35N3O3/c1-26(2,3)19-14-20(27(4,5)6)16-21(15-19)29-23(24(32)17-31)13-18-7-9-22(10-8-18)30-12-11-28-25(30)33/h7-10,14-17,23,29H,11-13H2,1-6H3,(H,28,33). The first-order valence-corrected chi connectivity index (χ1v) is 11.4. The van der Waals surface area contributed by atoms with E-state index in [2.05, 4.69) is 70.4 Å². The summed E-state index contributed by atoms with van der Waals surface area (Å²) in [5.41, 5.74) is 4.78. The van der Waals surface area contributed by atoms with Crippen LogP contribution < -0.4 is 15.5 Å². The zero-order chi connectivity index (χ0) is 24.4. The normalized spacial score (nSPS) is 15.2. The summed E-state index contributed by atoms with van der Waals surface area (Å²) >= 11 is 0. The molecule has 0 saturated carbocycles. The molecule has 1 aliphatic rings. The van der Waals surface area contributed by atoms with Crippen molar-refractivity contribution in [3.63, 3.8) is 0 Å². The highest BCUT2D eigenvalue weighted by Gasteiger charge is 2.24. The maximum Gasteiger partial charge on any atom is 0.321 e.